The van der Waals surface area contributed by atoms with Gasteiger partial charge in [-0.15, -0.1) is 0 Å². The zero-order chi connectivity index (χ0) is 14.0. The van der Waals surface area contributed by atoms with Gasteiger partial charge in [0.05, 0.1) is 16.2 Å². The molecule has 0 spiro atoms. The van der Waals surface area contributed by atoms with Crippen LogP contribution in [0.2, 0.25) is 0 Å². The number of carboxylic acids is 1. The van der Waals surface area contributed by atoms with Crippen LogP contribution in [0, 0.1) is 10.1 Å². The molecule has 2 rings (SSSR count). The molecule has 0 aliphatic carbocycles. The third kappa shape index (κ3) is 2.30. The highest BCUT2D eigenvalue weighted by atomic mass is 16.6. The fourth-order valence-corrected chi connectivity index (χ4v) is 1.83. The lowest BCUT2D eigenvalue weighted by molar-refractivity contribution is -0.384. The zero-order valence-corrected chi connectivity index (χ0v) is 10.1. The molecule has 0 aliphatic heterocycles. The van der Waals surface area contributed by atoms with E-state index in [-0.39, 0.29) is 16.9 Å². The summed E-state index contributed by atoms with van der Waals surface area (Å²) in [6.07, 6.45) is 3.71. The van der Waals surface area contributed by atoms with Crippen molar-refractivity contribution < 1.29 is 14.8 Å². The van der Waals surface area contributed by atoms with Gasteiger partial charge in [-0.1, -0.05) is 6.92 Å². The zero-order valence-electron chi connectivity index (χ0n) is 10.1. The summed E-state index contributed by atoms with van der Waals surface area (Å²) in [6.45, 7) is 1.87. The first-order valence-corrected chi connectivity index (χ1v) is 5.59. The number of aromatic nitrogens is 2. The molecule has 98 valence electrons. The third-order valence-corrected chi connectivity index (χ3v) is 2.72. The van der Waals surface area contributed by atoms with Crippen LogP contribution in [0.1, 0.15) is 23.1 Å². The van der Waals surface area contributed by atoms with E-state index in [1.54, 1.807) is 10.8 Å². The second-order valence-electron chi connectivity index (χ2n) is 3.83. The molecule has 1 aromatic heterocycles. The van der Waals surface area contributed by atoms with Gasteiger partial charge in [0, 0.05) is 30.9 Å². The molecule has 7 heteroatoms. The lowest BCUT2D eigenvalue weighted by Crippen LogP contribution is -2.08. The molecule has 0 atom stereocenters. The number of benzene rings is 1. The molecule has 1 heterocycles. The van der Waals surface area contributed by atoms with Crippen molar-refractivity contribution in [3.8, 4) is 5.69 Å². The predicted molar refractivity (Wildman–Crippen MR) is 66.6 cm³/mol. The van der Waals surface area contributed by atoms with Crippen molar-refractivity contribution in [2.75, 3.05) is 0 Å². The number of nitrogens with zero attached hydrogens (tertiary/aromatic N) is 3. The van der Waals surface area contributed by atoms with Crippen LogP contribution in [0.3, 0.4) is 0 Å². The van der Waals surface area contributed by atoms with Crippen molar-refractivity contribution in [3.05, 3.63) is 52.1 Å². The maximum Gasteiger partial charge on any atom is 0.337 e. The molecule has 0 unspecified atom stereocenters. The number of hydrogen-bond acceptors (Lipinski definition) is 4. The Morgan fingerprint density at radius 3 is 2.84 bits per heavy atom. The first-order chi connectivity index (χ1) is 9.04. The summed E-state index contributed by atoms with van der Waals surface area (Å²) in [4.78, 5) is 25.5. The normalized spacial score (nSPS) is 10.4. The smallest absolute Gasteiger partial charge is 0.337 e. The molecule has 2 aromatic rings. The standard InChI is InChI=1S/C12H11N3O4/c1-2-11-13-5-6-14(11)10-7-8(15(18)19)3-4-9(10)12(16)17/h3-7H,2H2,1H3,(H,16,17). The molecular weight excluding hydrogens is 250 g/mol. The minimum absolute atomic E-state index is 0.00157. The lowest BCUT2D eigenvalue weighted by atomic mass is 10.1. The Morgan fingerprint density at radius 2 is 2.26 bits per heavy atom. The van der Waals surface area contributed by atoms with Gasteiger partial charge < -0.3 is 9.67 Å². The van der Waals surface area contributed by atoms with Gasteiger partial charge >= 0.3 is 5.97 Å². The Bertz CT molecular complexity index is 648. The molecular formula is C12H11N3O4. The van der Waals surface area contributed by atoms with Crippen LogP contribution >= 0.6 is 0 Å². The molecule has 1 aromatic carbocycles. The highest BCUT2D eigenvalue weighted by molar-refractivity contribution is 5.92. The first kappa shape index (κ1) is 12.7. The lowest BCUT2D eigenvalue weighted by Gasteiger charge is -2.09. The van der Waals surface area contributed by atoms with Gasteiger partial charge in [-0.05, 0) is 6.07 Å². The van der Waals surface area contributed by atoms with E-state index in [0.29, 0.717) is 12.2 Å². The van der Waals surface area contributed by atoms with Crippen LogP contribution < -0.4 is 0 Å². The van der Waals surface area contributed by atoms with Crippen LogP contribution in [0.4, 0.5) is 5.69 Å². The van der Waals surface area contributed by atoms with Gasteiger partial charge in [0.1, 0.15) is 5.82 Å². The van der Waals surface area contributed by atoms with Crippen LogP contribution in [0.25, 0.3) is 5.69 Å². The molecule has 1 N–H and O–H groups in total. The fraction of sp³-hybridized carbons (Fsp3) is 0.167. The van der Waals surface area contributed by atoms with Crippen molar-refractivity contribution in [3.63, 3.8) is 0 Å². The fourth-order valence-electron chi connectivity index (χ4n) is 1.83. The maximum absolute atomic E-state index is 11.2. The number of carboxylic acid groups (broad SMARTS) is 1. The summed E-state index contributed by atoms with van der Waals surface area (Å²) in [5.74, 6) is -0.497. The number of rotatable bonds is 4. The van der Waals surface area contributed by atoms with E-state index in [1.165, 1.54) is 24.4 Å². The molecule has 0 saturated heterocycles. The average Bonchev–Trinajstić information content (AvgIpc) is 2.85. The monoisotopic (exact) mass is 261 g/mol. The summed E-state index contributed by atoms with van der Waals surface area (Å²) in [6, 6.07) is 3.65. The summed E-state index contributed by atoms with van der Waals surface area (Å²) in [5.41, 5.74) is 0.0881. The number of hydrogen-bond donors (Lipinski definition) is 1. The third-order valence-electron chi connectivity index (χ3n) is 2.72. The van der Waals surface area contributed by atoms with Crippen molar-refractivity contribution in [1.29, 1.82) is 0 Å². The number of aryl methyl sites for hydroxylation is 1. The van der Waals surface area contributed by atoms with E-state index in [2.05, 4.69) is 4.98 Å². The second kappa shape index (κ2) is 4.89. The Labute approximate surface area is 108 Å². The summed E-state index contributed by atoms with van der Waals surface area (Å²) >= 11 is 0. The molecule has 0 aliphatic rings. The second-order valence-corrected chi connectivity index (χ2v) is 3.83. The molecule has 0 radical (unpaired) electrons. The van der Waals surface area contributed by atoms with Gasteiger partial charge in [0.15, 0.2) is 0 Å². The quantitative estimate of drug-likeness (QED) is 0.670. The van der Waals surface area contributed by atoms with E-state index in [1.807, 2.05) is 6.92 Å². The van der Waals surface area contributed by atoms with E-state index < -0.39 is 10.9 Å². The minimum atomic E-state index is -1.14. The SMILES string of the molecule is CCc1nccn1-c1cc([N+](=O)[O-])ccc1C(=O)O. The minimum Gasteiger partial charge on any atom is -0.478 e. The predicted octanol–water partition coefficient (Wildman–Crippen LogP) is 2.04. The van der Waals surface area contributed by atoms with Gasteiger partial charge in [-0.25, -0.2) is 9.78 Å². The van der Waals surface area contributed by atoms with Crippen LogP contribution in [0.15, 0.2) is 30.6 Å². The number of non-ortho nitro benzene ring substituents is 1. The average molecular weight is 261 g/mol. The molecule has 19 heavy (non-hydrogen) atoms. The number of nitro benzene ring substituents is 1. The van der Waals surface area contributed by atoms with E-state index in [0.717, 1.165) is 0 Å². The van der Waals surface area contributed by atoms with Gasteiger partial charge in [0.25, 0.3) is 5.69 Å². The van der Waals surface area contributed by atoms with E-state index in [9.17, 15) is 14.9 Å². The van der Waals surface area contributed by atoms with Crippen molar-refractivity contribution in [2.24, 2.45) is 0 Å². The highest BCUT2D eigenvalue weighted by Gasteiger charge is 2.18. The molecule has 7 nitrogen and oxygen atoms in total. The van der Waals surface area contributed by atoms with Crippen LogP contribution in [0.5, 0.6) is 0 Å². The summed E-state index contributed by atoms with van der Waals surface area (Å²) in [7, 11) is 0. The molecule has 0 fully saturated rings. The van der Waals surface area contributed by atoms with Gasteiger partial charge in [-0.2, -0.15) is 0 Å². The van der Waals surface area contributed by atoms with Crippen LogP contribution in [-0.2, 0) is 6.42 Å². The van der Waals surface area contributed by atoms with Crippen molar-refractivity contribution >= 4 is 11.7 Å². The summed E-state index contributed by atoms with van der Waals surface area (Å²) < 4.78 is 1.55. The summed E-state index contributed by atoms with van der Waals surface area (Å²) in [5, 5.41) is 19.9. The van der Waals surface area contributed by atoms with Gasteiger partial charge in [0.2, 0.25) is 0 Å². The Morgan fingerprint density at radius 1 is 1.53 bits per heavy atom. The molecule has 0 bridgehead atoms. The molecule has 0 amide bonds. The maximum atomic E-state index is 11.2. The number of aromatic carboxylic acids is 1. The van der Waals surface area contributed by atoms with Crippen molar-refractivity contribution in [1.82, 2.24) is 9.55 Å². The largest absolute Gasteiger partial charge is 0.478 e. The first-order valence-electron chi connectivity index (χ1n) is 5.59. The molecule has 0 saturated carbocycles. The Hall–Kier alpha value is -2.70. The van der Waals surface area contributed by atoms with E-state index in [4.69, 9.17) is 5.11 Å². The van der Waals surface area contributed by atoms with Crippen molar-refractivity contribution in [2.45, 2.75) is 13.3 Å². The number of carbonyl (C=O) groups is 1. The van der Waals surface area contributed by atoms with Gasteiger partial charge in [-0.3, -0.25) is 10.1 Å². The number of imidazole rings is 1. The number of nitro groups is 1. The Kier molecular flexibility index (Phi) is 3.28. The Balaban J connectivity index is 2.68. The topological polar surface area (TPSA) is 98.3 Å². The highest BCUT2D eigenvalue weighted by Crippen LogP contribution is 2.23. The van der Waals surface area contributed by atoms with Crippen LogP contribution in [-0.4, -0.2) is 25.6 Å². The van der Waals surface area contributed by atoms with E-state index >= 15 is 0 Å².